The van der Waals surface area contributed by atoms with Gasteiger partial charge in [0, 0.05) is 25.4 Å². The van der Waals surface area contributed by atoms with Crippen molar-refractivity contribution < 1.29 is 9.59 Å². The fourth-order valence-corrected chi connectivity index (χ4v) is 3.90. The van der Waals surface area contributed by atoms with E-state index in [1.54, 1.807) is 23.7 Å². The Balaban J connectivity index is 1.90. The number of likely N-dealkylation sites (N-methyl/N-ethyl adjacent to an activating group) is 1. The highest BCUT2D eigenvalue weighted by Gasteiger charge is 2.37. The van der Waals surface area contributed by atoms with Crippen molar-refractivity contribution in [3.63, 3.8) is 0 Å². The number of rotatable bonds is 5. The van der Waals surface area contributed by atoms with Crippen LogP contribution in [0.2, 0.25) is 0 Å². The van der Waals surface area contributed by atoms with Gasteiger partial charge in [-0.15, -0.1) is 11.8 Å². The molecule has 23 heavy (non-hydrogen) atoms. The highest BCUT2D eigenvalue weighted by atomic mass is 32.2. The molecule has 2 rings (SSSR count). The second kappa shape index (κ2) is 7.84. The minimum atomic E-state index is -0.427. The molecule has 0 radical (unpaired) electrons. The Bertz CT molecular complexity index is 571. The zero-order chi connectivity index (χ0) is 17.0. The van der Waals surface area contributed by atoms with Gasteiger partial charge in [-0.2, -0.15) is 0 Å². The largest absolute Gasteiger partial charge is 0.357 e. The summed E-state index contributed by atoms with van der Waals surface area (Å²) in [7, 11) is 1.59. The molecule has 0 spiro atoms. The highest BCUT2D eigenvalue weighted by Crippen LogP contribution is 2.20. The van der Waals surface area contributed by atoms with Crippen LogP contribution in [-0.4, -0.2) is 48.1 Å². The molecule has 0 unspecified atom stereocenters. The molecule has 1 aliphatic rings. The molecule has 0 aliphatic carbocycles. The van der Waals surface area contributed by atoms with E-state index in [9.17, 15) is 9.59 Å². The molecular formula is C17H25N3O2S. The van der Waals surface area contributed by atoms with Crippen LogP contribution in [0.3, 0.4) is 0 Å². The summed E-state index contributed by atoms with van der Waals surface area (Å²) in [5.74, 6) is 1.01. The van der Waals surface area contributed by atoms with E-state index in [2.05, 4.69) is 37.4 Å². The lowest BCUT2D eigenvalue weighted by Gasteiger charge is -2.23. The van der Waals surface area contributed by atoms with E-state index in [4.69, 9.17) is 5.73 Å². The topological polar surface area (TPSA) is 75.4 Å². The highest BCUT2D eigenvalue weighted by molar-refractivity contribution is 7.99. The summed E-state index contributed by atoms with van der Waals surface area (Å²) in [4.78, 5) is 25.9. The first-order chi connectivity index (χ1) is 10.9. The summed E-state index contributed by atoms with van der Waals surface area (Å²) in [6.45, 7) is 4.61. The monoisotopic (exact) mass is 335 g/mol. The zero-order valence-corrected chi connectivity index (χ0v) is 14.8. The molecule has 1 aromatic rings. The minimum absolute atomic E-state index is 0.0130. The van der Waals surface area contributed by atoms with Crippen molar-refractivity contribution in [3.8, 4) is 0 Å². The number of hydrogen-bond donors (Lipinski definition) is 2. The minimum Gasteiger partial charge on any atom is -0.357 e. The molecule has 2 amide bonds. The Morgan fingerprint density at radius 2 is 1.96 bits per heavy atom. The Hall–Kier alpha value is -1.53. The Morgan fingerprint density at radius 3 is 2.57 bits per heavy atom. The summed E-state index contributed by atoms with van der Waals surface area (Å²) >= 11 is 1.58. The van der Waals surface area contributed by atoms with Crippen LogP contribution >= 0.6 is 11.8 Å². The van der Waals surface area contributed by atoms with Gasteiger partial charge in [-0.25, -0.2) is 0 Å². The molecular weight excluding hydrogens is 310 g/mol. The fourth-order valence-electron chi connectivity index (χ4n) is 3.05. The quantitative estimate of drug-likeness (QED) is 0.848. The maximum atomic E-state index is 12.4. The van der Waals surface area contributed by atoms with Crippen LogP contribution in [0.15, 0.2) is 18.2 Å². The SMILES string of the molecule is CNC(=O)[C@@H]1C[C@@H](N)CN1C(=O)CSCc1cc(C)cc(C)c1. The molecule has 0 bridgehead atoms. The predicted octanol–water partition coefficient (Wildman–Crippen LogP) is 1.21. The molecule has 3 N–H and O–H groups in total. The molecule has 5 nitrogen and oxygen atoms in total. The van der Waals surface area contributed by atoms with Crippen molar-refractivity contribution in [2.75, 3.05) is 19.3 Å². The summed E-state index contributed by atoms with van der Waals surface area (Å²) in [6.07, 6.45) is 0.535. The van der Waals surface area contributed by atoms with Gasteiger partial charge in [0.1, 0.15) is 6.04 Å². The summed E-state index contributed by atoms with van der Waals surface area (Å²) in [5.41, 5.74) is 9.61. The fraction of sp³-hybridized carbons (Fsp3) is 0.529. The third kappa shape index (κ3) is 4.72. The number of amides is 2. The van der Waals surface area contributed by atoms with E-state index in [1.807, 2.05) is 0 Å². The van der Waals surface area contributed by atoms with Crippen molar-refractivity contribution in [1.82, 2.24) is 10.2 Å². The van der Waals surface area contributed by atoms with Crippen LogP contribution in [0.5, 0.6) is 0 Å². The lowest BCUT2D eigenvalue weighted by molar-refractivity contribution is -0.136. The lowest BCUT2D eigenvalue weighted by atomic mass is 10.1. The van der Waals surface area contributed by atoms with E-state index >= 15 is 0 Å². The molecule has 1 heterocycles. The van der Waals surface area contributed by atoms with Gasteiger partial charge in [-0.05, 0) is 25.8 Å². The van der Waals surface area contributed by atoms with Crippen LogP contribution in [-0.2, 0) is 15.3 Å². The first-order valence-electron chi connectivity index (χ1n) is 7.82. The van der Waals surface area contributed by atoms with E-state index in [1.165, 1.54) is 16.7 Å². The van der Waals surface area contributed by atoms with Crippen LogP contribution in [0.1, 0.15) is 23.1 Å². The number of benzene rings is 1. The molecule has 1 aromatic carbocycles. The van der Waals surface area contributed by atoms with Gasteiger partial charge in [0.05, 0.1) is 5.75 Å². The molecule has 0 aromatic heterocycles. The molecule has 1 aliphatic heterocycles. The van der Waals surface area contributed by atoms with Crippen molar-refractivity contribution in [3.05, 3.63) is 34.9 Å². The molecule has 1 fully saturated rings. The number of aryl methyl sites for hydroxylation is 2. The number of hydrogen-bond acceptors (Lipinski definition) is 4. The van der Waals surface area contributed by atoms with Gasteiger partial charge in [0.2, 0.25) is 11.8 Å². The van der Waals surface area contributed by atoms with Gasteiger partial charge in [-0.3, -0.25) is 9.59 Å². The number of nitrogens with zero attached hydrogens (tertiary/aromatic N) is 1. The van der Waals surface area contributed by atoms with E-state index in [-0.39, 0.29) is 17.9 Å². The van der Waals surface area contributed by atoms with E-state index in [0.29, 0.717) is 18.7 Å². The second-order valence-electron chi connectivity index (χ2n) is 6.16. The third-order valence-electron chi connectivity index (χ3n) is 3.98. The predicted molar refractivity (Wildman–Crippen MR) is 94.2 cm³/mol. The van der Waals surface area contributed by atoms with Crippen molar-refractivity contribution in [2.24, 2.45) is 5.73 Å². The van der Waals surface area contributed by atoms with E-state index < -0.39 is 6.04 Å². The number of nitrogens with two attached hydrogens (primary N) is 1. The normalized spacial score (nSPS) is 20.6. The number of carbonyl (C=O) groups is 2. The average Bonchev–Trinajstić information content (AvgIpc) is 2.87. The lowest BCUT2D eigenvalue weighted by Crippen LogP contribution is -2.45. The Kier molecular flexibility index (Phi) is 6.07. The van der Waals surface area contributed by atoms with Gasteiger partial charge >= 0.3 is 0 Å². The number of thioether (sulfide) groups is 1. The Labute approximate surface area is 142 Å². The standard InChI is InChI=1S/C17H25N3O2S/c1-11-4-12(2)6-13(5-11)9-23-10-16(21)20-8-14(18)7-15(20)17(22)19-3/h4-6,14-15H,7-10,18H2,1-3H3,(H,19,22)/t14-,15+/m1/s1. The van der Waals surface area contributed by atoms with Gasteiger partial charge in [0.25, 0.3) is 0 Å². The van der Waals surface area contributed by atoms with Crippen LogP contribution in [0.25, 0.3) is 0 Å². The summed E-state index contributed by atoms with van der Waals surface area (Å²) in [5, 5.41) is 2.61. The maximum Gasteiger partial charge on any atom is 0.242 e. The van der Waals surface area contributed by atoms with Gasteiger partial charge < -0.3 is 16.0 Å². The molecule has 6 heteroatoms. The number of likely N-dealkylation sites (tertiary alicyclic amines) is 1. The van der Waals surface area contributed by atoms with Crippen LogP contribution in [0, 0.1) is 13.8 Å². The summed E-state index contributed by atoms with van der Waals surface area (Å²) in [6, 6.07) is 5.88. The van der Waals surface area contributed by atoms with Crippen molar-refractivity contribution >= 4 is 23.6 Å². The molecule has 1 saturated heterocycles. The van der Waals surface area contributed by atoms with E-state index in [0.717, 1.165) is 5.75 Å². The van der Waals surface area contributed by atoms with Crippen LogP contribution in [0.4, 0.5) is 0 Å². The summed E-state index contributed by atoms with van der Waals surface area (Å²) < 4.78 is 0. The van der Waals surface area contributed by atoms with Gasteiger partial charge in [0.15, 0.2) is 0 Å². The molecule has 2 atom stereocenters. The Morgan fingerprint density at radius 1 is 1.30 bits per heavy atom. The molecule has 126 valence electrons. The number of carbonyl (C=O) groups excluding carboxylic acids is 2. The number of nitrogens with one attached hydrogen (secondary N) is 1. The van der Waals surface area contributed by atoms with Crippen LogP contribution < -0.4 is 11.1 Å². The third-order valence-corrected chi connectivity index (χ3v) is 4.97. The maximum absolute atomic E-state index is 12.4. The molecule has 0 saturated carbocycles. The average molecular weight is 335 g/mol. The van der Waals surface area contributed by atoms with Crippen molar-refractivity contribution in [1.29, 1.82) is 0 Å². The second-order valence-corrected chi connectivity index (χ2v) is 7.15. The zero-order valence-electron chi connectivity index (χ0n) is 14.0. The first-order valence-corrected chi connectivity index (χ1v) is 8.97. The first kappa shape index (κ1) is 17.8. The smallest absolute Gasteiger partial charge is 0.242 e. The van der Waals surface area contributed by atoms with Crippen molar-refractivity contribution in [2.45, 2.75) is 38.1 Å². The van der Waals surface area contributed by atoms with Gasteiger partial charge in [-0.1, -0.05) is 29.3 Å².